The van der Waals surface area contributed by atoms with Crippen molar-refractivity contribution in [3.05, 3.63) is 29.8 Å². The van der Waals surface area contributed by atoms with Gasteiger partial charge >= 0.3 is 0 Å². The van der Waals surface area contributed by atoms with Gasteiger partial charge in [-0.15, -0.1) is 0 Å². The van der Waals surface area contributed by atoms with Gasteiger partial charge in [-0.3, -0.25) is 4.79 Å². The Bertz CT molecular complexity index is 1090. The molecule has 0 amide bonds. The molecule has 0 radical (unpaired) electrons. The number of hydrogen-bond acceptors (Lipinski definition) is 5. The predicted octanol–water partition coefficient (Wildman–Crippen LogP) is 5.61. The lowest BCUT2D eigenvalue weighted by Crippen LogP contribution is -2.60. The highest BCUT2D eigenvalue weighted by Gasteiger charge is 2.83. The van der Waals surface area contributed by atoms with Crippen molar-refractivity contribution in [2.75, 3.05) is 26.0 Å². The maximum absolute atomic E-state index is 11.5. The van der Waals surface area contributed by atoms with Crippen LogP contribution in [0.4, 0.5) is 5.69 Å². The van der Waals surface area contributed by atoms with Gasteiger partial charge in [0, 0.05) is 34.7 Å². The number of hydrogen-bond donors (Lipinski definition) is 3. The van der Waals surface area contributed by atoms with Crippen molar-refractivity contribution >= 4 is 12.0 Å². The number of benzene rings is 1. The van der Waals surface area contributed by atoms with E-state index in [0.29, 0.717) is 40.2 Å². The molecule has 5 saturated carbocycles. The maximum Gasteiger partial charge on any atom is 0.150 e. The molecule has 6 rings (SSSR count). The zero-order chi connectivity index (χ0) is 27.3. The quantitative estimate of drug-likeness (QED) is 0.424. The summed E-state index contributed by atoms with van der Waals surface area (Å²) < 4.78 is 0. The number of fused-ring (bicyclic) bond motifs is 2. The lowest BCUT2D eigenvalue weighted by Gasteiger charge is -2.63. The Kier molecular flexibility index (Phi) is 6.01. The Morgan fingerprint density at radius 3 is 2.29 bits per heavy atom. The highest BCUT2D eigenvalue weighted by Crippen LogP contribution is 2.89. The van der Waals surface area contributed by atoms with Gasteiger partial charge < -0.3 is 20.4 Å². The minimum Gasteiger partial charge on any atom is -0.396 e. The molecule has 1 aromatic carbocycles. The standard InChI is InChI=1S/C33H50N2O3/c1-21(35(5)6)28-24(38)17-31(4)26-12-11-25-29(2,20-37)27(34-23-9-7-22(18-36)8-10-23)13-14-32(25)19-33(26,32)16-15-30(28,31)3/h7-10,18,21,24-28,34,37-38H,11-17,19-20H2,1-6H3/t21-,24+,25-,26+,27-,28+,29-,30-,31+,32+,33-/m0/s1. The fourth-order valence-electron chi connectivity index (χ4n) is 11.8. The fraction of sp³-hybridized carbons (Fsp3) is 0.788. The van der Waals surface area contributed by atoms with Crippen LogP contribution >= 0.6 is 0 Å². The van der Waals surface area contributed by atoms with Crippen LogP contribution in [-0.2, 0) is 0 Å². The fourth-order valence-corrected chi connectivity index (χ4v) is 11.8. The van der Waals surface area contributed by atoms with Crippen molar-refractivity contribution in [2.45, 2.75) is 97.2 Å². The lowest BCUT2D eigenvalue weighted by atomic mass is 9.41. The van der Waals surface area contributed by atoms with Gasteiger partial charge in [0.2, 0.25) is 0 Å². The molecule has 5 aliphatic carbocycles. The summed E-state index contributed by atoms with van der Waals surface area (Å²) in [5.41, 5.74) is 2.61. The molecule has 0 saturated heterocycles. The molecule has 0 unspecified atom stereocenters. The van der Waals surface area contributed by atoms with E-state index in [1.165, 1.54) is 38.5 Å². The van der Waals surface area contributed by atoms with Crippen molar-refractivity contribution < 1.29 is 15.0 Å². The lowest BCUT2D eigenvalue weighted by molar-refractivity contribution is -0.151. The zero-order valence-electron chi connectivity index (χ0n) is 24.5. The average Bonchev–Trinajstić information content (AvgIpc) is 3.50. The number of rotatable bonds is 6. The highest BCUT2D eigenvalue weighted by molar-refractivity contribution is 5.75. The second-order valence-corrected chi connectivity index (χ2v) is 15.1. The number of nitrogens with one attached hydrogen (secondary N) is 1. The Hall–Kier alpha value is -1.43. The number of aliphatic hydroxyl groups is 2. The Morgan fingerprint density at radius 2 is 1.66 bits per heavy atom. The van der Waals surface area contributed by atoms with E-state index in [9.17, 15) is 15.0 Å². The molecule has 5 aliphatic rings. The van der Waals surface area contributed by atoms with Gasteiger partial charge in [-0.25, -0.2) is 0 Å². The van der Waals surface area contributed by atoms with E-state index in [-0.39, 0.29) is 35.0 Å². The topological polar surface area (TPSA) is 72.8 Å². The van der Waals surface area contributed by atoms with Crippen LogP contribution in [0.25, 0.3) is 0 Å². The summed E-state index contributed by atoms with van der Waals surface area (Å²) in [6.07, 6.45) is 10.2. The van der Waals surface area contributed by atoms with Crippen LogP contribution in [0, 0.1) is 44.8 Å². The van der Waals surface area contributed by atoms with E-state index in [1.807, 2.05) is 24.3 Å². The van der Waals surface area contributed by atoms with Crippen LogP contribution in [0.3, 0.4) is 0 Å². The molecule has 1 aromatic rings. The second-order valence-electron chi connectivity index (χ2n) is 15.1. The van der Waals surface area contributed by atoms with Gasteiger partial charge in [0.25, 0.3) is 0 Å². The molecule has 0 aliphatic heterocycles. The molecular formula is C33H50N2O3. The van der Waals surface area contributed by atoms with E-state index in [1.54, 1.807) is 0 Å². The summed E-state index contributed by atoms with van der Waals surface area (Å²) in [6, 6.07) is 8.34. The van der Waals surface area contributed by atoms with Gasteiger partial charge in [0.15, 0.2) is 0 Å². The number of anilines is 1. The van der Waals surface area contributed by atoms with Crippen LogP contribution in [0.2, 0.25) is 0 Å². The first kappa shape index (κ1) is 26.8. The summed E-state index contributed by atoms with van der Waals surface area (Å²) in [4.78, 5) is 13.4. The largest absolute Gasteiger partial charge is 0.396 e. The molecule has 5 fully saturated rings. The second kappa shape index (κ2) is 8.54. The monoisotopic (exact) mass is 522 g/mol. The van der Waals surface area contributed by atoms with E-state index < -0.39 is 0 Å². The molecule has 5 nitrogen and oxygen atoms in total. The third-order valence-corrected chi connectivity index (χ3v) is 14.1. The normalized spacial score (nSPS) is 49.9. The molecule has 210 valence electrons. The van der Waals surface area contributed by atoms with E-state index in [0.717, 1.165) is 24.8 Å². The summed E-state index contributed by atoms with van der Waals surface area (Å²) in [5.74, 6) is 1.51. The number of nitrogens with zero attached hydrogens (tertiary/aromatic N) is 1. The molecule has 0 bridgehead atoms. The first-order valence-electron chi connectivity index (χ1n) is 15.2. The van der Waals surface area contributed by atoms with Crippen LogP contribution in [0.15, 0.2) is 24.3 Å². The smallest absolute Gasteiger partial charge is 0.150 e. The summed E-state index contributed by atoms with van der Waals surface area (Å²) >= 11 is 0. The SMILES string of the molecule is C[C@@H]([C@@H]1[C@H](O)C[C@]2(C)[C@H]3CC[C@H]4[C@](C)(CO)[C@@H](Nc5ccc(C=O)cc5)CC[C@@]45C[C@@]35CC[C@@]12C)N(C)C. The third kappa shape index (κ3) is 3.19. The predicted molar refractivity (Wildman–Crippen MR) is 152 cm³/mol. The van der Waals surface area contributed by atoms with E-state index in [2.05, 4.69) is 52.0 Å². The van der Waals surface area contributed by atoms with Crippen molar-refractivity contribution in [3.8, 4) is 0 Å². The molecule has 5 heteroatoms. The number of carbonyl (C=O) groups is 1. The first-order valence-corrected chi connectivity index (χ1v) is 15.2. The van der Waals surface area contributed by atoms with Gasteiger partial charge in [0.1, 0.15) is 6.29 Å². The molecule has 2 spiro atoms. The van der Waals surface area contributed by atoms with Crippen LogP contribution < -0.4 is 5.32 Å². The zero-order valence-corrected chi connectivity index (χ0v) is 24.5. The van der Waals surface area contributed by atoms with Crippen LogP contribution in [-0.4, -0.2) is 60.3 Å². The van der Waals surface area contributed by atoms with Crippen molar-refractivity contribution in [1.82, 2.24) is 4.90 Å². The Morgan fingerprint density at radius 1 is 1.00 bits per heavy atom. The highest BCUT2D eigenvalue weighted by atomic mass is 16.3. The molecule has 0 heterocycles. The molecular weight excluding hydrogens is 472 g/mol. The number of aldehydes is 1. The van der Waals surface area contributed by atoms with Gasteiger partial charge in [-0.2, -0.15) is 0 Å². The van der Waals surface area contributed by atoms with Crippen molar-refractivity contribution in [3.63, 3.8) is 0 Å². The average molecular weight is 523 g/mol. The molecule has 38 heavy (non-hydrogen) atoms. The van der Waals surface area contributed by atoms with Gasteiger partial charge in [-0.05, 0) is 130 Å². The Balaban J connectivity index is 1.29. The van der Waals surface area contributed by atoms with Crippen molar-refractivity contribution in [2.24, 2.45) is 44.8 Å². The number of carbonyl (C=O) groups excluding carboxylic acids is 1. The van der Waals surface area contributed by atoms with Crippen molar-refractivity contribution in [1.29, 1.82) is 0 Å². The molecule has 3 N–H and O–H groups in total. The van der Waals surface area contributed by atoms with E-state index in [4.69, 9.17) is 0 Å². The minimum absolute atomic E-state index is 0.162. The molecule has 11 atom stereocenters. The van der Waals surface area contributed by atoms with Gasteiger partial charge in [-0.1, -0.05) is 20.8 Å². The summed E-state index contributed by atoms with van der Waals surface area (Å²) in [5, 5.41) is 26.3. The minimum atomic E-state index is -0.224. The maximum atomic E-state index is 11.5. The summed E-state index contributed by atoms with van der Waals surface area (Å²) in [6.45, 7) is 9.94. The van der Waals surface area contributed by atoms with Gasteiger partial charge in [0.05, 0.1) is 12.7 Å². The summed E-state index contributed by atoms with van der Waals surface area (Å²) in [7, 11) is 4.33. The van der Waals surface area contributed by atoms with E-state index >= 15 is 0 Å². The Labute approximate surface area is 229 Å². The molecule has 0 aromatic heterocycles. The third-order valence-electron chi connectivity index (χ3n) is 14.1. The number of aliphatic hydroxyl groups excluding tert-OH is 2. The van der Waals surface area contributed by atoms with Crippen LogP contribution in [0.5, 0.6) is 0 Å². The van der Waals surface area contributed by atoms with Crippen LogP contribution in [0.1, 0.15) is 89.4 Å². The first-order chi connectivity index (χ1) is 17.9.